The van der Waals surface area contributed by atoms with Crippen LogP contribution in [0, 0.1) is 0 Å². The third kappa shape index (κ3) is 4.87. The van der Waals surface area contributed by atoms with Crippen molar-refractivity contribution in [1.82, 2.24) is 10.3 Å². The quantitative estimate of drug-likeness (QED) is 0.270. The number of para-hydroxylation sites is 1. The topological polar surface area (TPSA) is 53.6 Å². The molecule has 0 aliphatic heterocycles. The van der Waals surface area contributed by atoms with E-state index in [0.29, 0.717) is 5.96 Å². The number of rotatable bonds is 5. The molecule has 1 aromatic rings. The molecule has 0 aliphatic carbocycles. The summed E-state index contributed by atoms with van der Waals surface area (Å²) in [6.45, 7) is 3.16. The van der Waals surface area contributed by atoms with Gasteiger partial charge in [0.15, 0.2) is 0 Å². The van der Waals surface area contributed by atoms with Gasteiger partial charge in [-0.25, -0.2) is 10.8 Å². The van der Waals surface area contributed by atoms with Gasteiger partial charge in [-0.2, -0.15) is 0 Å². The Labute approximate surface area is 104 Å². The van der Waals surface area contributed by atoms with Gasteiger partial charge in [0.1, 0.15) is 0 Å². The average molecular weight is 234 g/mol. The summed E-state index contributed by atoms with van der Waals surface area (Å²) in [4.78, 5) is 6.51. The minimum Gasteiger partial charge on any atom is -0.345 e. The van der Waals surface area contributed by atoms with Gasteiger partial charge in [0.2, 0.25) is 5.96 Å². The second-order valence-electron chi connectivity index (χ2n) is 4.04. The zero-order chi connectivity index (χ0) is 12.5. The van der Waals surface area contributed by atoms with Crippen LogP contribution < -0.4 is 11.3 Å². The molecule has 0 heterocycles. The molecule has 0 aliphatic rings. The molecule has 0 saturated heterocycles. The predicted octanol–water partition coefficient (Wildman–Crippen LogP) is 2.26. The average Bonchev–Trinajstić information content (AvgIpc) is 2.37. The molecule has 0 atom stereocenters. The number of nitrogens with two attached hydrogens (primary N) is 1. The largest absolute Gasteiger partial charge is 0.345 e. The van der Waals surface area contributed by atoms with E-state index in [0.717, 1.165) is 18.7 Å². The molecule has 0 fully saturated rings. The van der Waals surface area contributed by atoms with Gasteiger partial charge in [0, 0.05) is 13.6 Å². The van der Waals surface area contributed by atoms with Crippen molar-refractivity contribution in [2.75, 3.05) is 13.6 Å². The number of hydrazine groups is 1. The summed E-state index contributed by atoms with van der Waals surface area (Å²) in [5.41, 5.74) is 3.56. The van der Waals surface area contributed by atoms with E-state index in [2.05, 4.69) is 17.3 Å². The summed E-state index contributed by atoms with van der Waals surface area (Å²) >= 11 is 0. The molecule has 4 heteroatoms. The molecule has 0 radical (unpaired) electrons. The lowest BCUT2D eigenvalue weighted by molar-refractivity contribution is 0.460. The number of benzene rings is 1. The molecule has 0 spiro atoms. The van der Waals surface area contributed by atoms with Gasteiger partial charge >= 0.3 is 0 Å². The zero-order valence-corrected chi connectivity index (χ0v) is 10.7. The van der Waals surface area contributed by atoms with Gasteiger partial charge < -0.3 is 4.90 Å². The maximum atomic E-state index is 5.50. The zero-order valence-electron chi connectivity index (χ0n) is 10.7. The van der Waals surface area contributed by atoms with Gasteiger partial charge in [-0.15, -0.1) is 0 Å². The molecule has 0 saturated carbocycles. The highest BCUT2D eigenvalue weighted by Crippen LogP contribution is 2.10. The summed E-state index contributed by atoms with van der Waals surface area (Å²) in [7, 11) is 2.00. The van der Waals surface area contributed by atoms with E-state index >= 15 is 0 Å². The number of hydrogen-bond acceptors (Lipinski definition) is 2. The van der Waals surface area contributed by atoms with Crippen LogP contribution in [0.3, 0.4) is 0 Å². The summed E-state index contributed by atoms with van der Waals surface area (Å²) in [6, 6.07) is 9.81. The molecule has 17 heavy (non-hydrogen) atoms. The first-order chi connectivity index (χ1) is 8.27. The van der Waals surface area contributed by atoms with Crippen molar-refractivity contribution >= 4 is 11.6 Å². The molecule has 4 nitrogen and oxygen atoms in total. The van der Waals surface area contributed by atoms with Gasteiger partial charge in [0.05, 0.1) is 5.69 Å². The van der Waals surface area contributed by atoms with Gasteiger partial charge in [0.25, 0.3) is 0 Å². The number of aliphatic imine (C=N–C) groups is 1. The first-order valence-corrected chi connectivity index (χ1v) is 6.09. The lowest BCUT2D eigenvalue weighted by Crippen LogP contribution is -2.42. The first-order valence-electron chi connectivity index (χ1n) is 6.09. The summed E-state index contributed by atoms with van der Waals surface area (Å²) in [5, 5.41) is 0. The summed E-state index contributed by atoms with van der Waals surface area (Å²) < 4.78 is 0. The van der Waals surface area contributed by atoms with Crippen LogP contribution in [0.1, 0.15) is 26.2 Å². The first kappa shape index (κ1) is 13.5. The SMILES string of the molecule is CCCCCN(C)C(=Nc1ccccc1)NN. The fraction of sp³-hybridized carbons (Fsp3) is 0.462. The fourth-order valence-electron chi connectivity index (χ4n) is 1.56. The number of hydrogen-bond donors (Lipinski definition) is 2. The molecule has 1 rings (SSSR count). The Morgan fingerprint density at radius 2 is 2.00 bits per heavy atom. The second-order valence-corrected chi connectivity index (χ2v) is 4.04. The maximum Gasteiger partial charge on any atom is 0.213 e. The molecule has 0 aromatic heterocycles. The van der Waals surface area contributed by atoms with Crippen LogP contribution in [0.25, 0.3) is 0 Å². The van der Waals surface area contributed by atoms with Gasteiger partial charge in [-0.1, -0.05) is 38.0 Å². The van der Waals surface area contributed by atoms with E-state index in [1.54, 1.807) is 0 Å². The Balaban J connectivity index is 2.60. The fourth-order valence-corrected chi connectivity index (χ4v) is 1.56. The van der Waals surface area contributed by atoms with Crippen molar-refractivity contribution in [2.24, 2.45) is 10.8 Å². The van der Waals surface area contributed by atoms with E-state index < -0.39 is 0 Å². The number of nitrogens with zero attached hydrogens (tertiary/aromatic N) is 2. The Morgan fingerprint density at radius 3 is 2.59 bits per heavy atom. The molecule has 1 aromatic carbocycles. The third-order valence-corrected chi connectivity index (χ3v) is 2.58. The highest BCUT2D eigenvalue weighted by molar-refractivity contribution is 5.81. The van der Waals surface area contributed by atoms with Crippen LogP contribution >= 0.6 is 0 Å². The van der Waals surface area contributed by atoms with Gasteiger partial charge in [-0.05, 0) is 18.6 Å². The lowest BCUT2D eigenvalue weighted by Gasteiger charge is -2.20. The van der Waals surface area contributed by atoms with Crippen molar-refractivity contribution in [3.63, 3.8) is 0 Å². The van der Waals surface area contributed by atoms with Crippen LogP contribution in [0.4, 0.5) is 5.69 Å². The molecule has 0 amide bonds. The molecule has 0 unspecified atom stereocenters. The summed E-state index contributed by atoms with van der Waals surface area (Å²) in [5.74, 6) is 6.20. The Kier molecular flexibility index (Phi) is 6.10. The van der Waals surface area contributed by atoms with Crippen molar-refractivity contribution in [1.29, 1.82) is 0 Å². The smallest absolute Gasteiger partial charge is 0.213 e. The maximum absolute atomic E-state index is 5.50. The number of guanidine groups is 1. The minimum absolute atomic E-state index is 0.701. The van der Waals surface area contributed by atoms with Crippen LogP contribution in [-0.4, -0.2) is 24.5 Å². The van der Waals surface area contributed by atoms with Crippen LogP contribution in [0.5, 0.6) is 0 Å². The minimum atomic E-state index is 0.701. The van der Waals surface area contributed by atoms with Gasteiger partial charge in [-0.3, -0.25) is 5.43 Å². The Morgan fingerprint density at radius 1 is 1.29 bits per heavy atom. The highest BCUT2D eigenvalue weighted by Gasteiger charge is 2.04. The third-order valence-electron chi connectivity index (χ3n) is 2.58. The number of nitrogens with one attached hydrogen (secondary N) is 1. The van der Waals surface area contributed by atoms with Crippen LogP contribution in [-0.2, 0) is 0 Å². The van der Waals surface area contributed by atoms with E-state index in [-0.39, 0.29) is 0 Å². The van der Waals surface area contributed by atoms with Crippen molar-refractivity contribution < 1.29 is 0 Å². The van der Waals surface area contributed by atoms with E-state index in [9.17, 15) is 0 Å². The normalized spacial score (nSPS) is 11.4. The molecule has 0 bridgehead atoms. The van der Waals surface area contributed by atoms with Crippen molar-refractivity contribution in [2.45, 2.75) is 26.2 Å². The predicted molar refractivity (Wildman–Crippen MR) is 73.0 cm³/mol. The van der Waals surface area contributed by atoms with Crippen LogP contribution in [0.2, 0.25) is 0 Å². The molecule has 3 N–H and O–H groups in total. The second kappa shape index (κ2) is 7.68. The number of unbranched alkanes of at least 4 members (excludes halogenated alkanes) is 2. The molecular formula is C13H22N4. The van der Waals surface area contributed by atoms with Crippen molar-refractivity contribution in [3.05, 3.63) is 30.3 Å². The highest BCUT2D eigenvalue weighted by atomic mass is 15.4. The van der Waals surface area contributed by atoms with E-state index in [1.165, 1.54) is 12.8 Å². The van der Waals surface area contributed by atoms with E-state index in [4.69, 9.17) is 5.84 Å². The Bertz CT molecular complexity index is 335. The standard InChI is InChI=1S/C13H22N4/c1-3-4-8-11-17(2)13(16-14)15-12-9-6-5-7-10-12/h5-7,9-10H,3-4,8,11,14H2,1-2H3,(H,15,16). The van der Waals surface area contributed by atoms with Crippen molar-refractivity contribution in [3.8, 4) is 0 Å². The molecule has 94 valence electrons. The molecular weight excluding hydrogens is 212 g/mol. The summed E-state index contributed by atoms with van der Waals surface area (Å²) in [6.07, 6.45) is 3.60. The van der Waals surface area contributed by atoms with E-state index in [1.807, 2.05) is 42.3 Å². The Hall–Kier alpha value is -1.55. The lowest BCUT2D eigenvalue weighted by atomic mass is 10.2. The van der Waals surface area contributed by atoms with Crippen LogP contribution in [0.15, 0.2) is 35.3 Å². The monoisotopic (exact) mass is 234 g/mol.